The highest BCUT2D eigenvalue weighted by molar-refractivity contribution is 5.93. The molecule has 138 valence electrons. The van der Waals surface area contributed by atoms with Crippen LogP contribution in [0.25, 0.3) is 11.3 Å². The van der Waals surface area contributed by atoms with Crippen LogP contribution in [0.5, 0.6) is 0 Å². The maximum absolute atomic E-state index is 11.8. The SMILES string of the molecule is Cc1ccc(CO)cc1Nc1ncc(-c2ccnc(N3CCNC3=O)c2)o1. The van der Waals surface area contributed by atoms with Crippen LogP contribution in [0.3, 0.4) is 0 Å². The van der Waals surface area contributed by atoms with Crippen LogP contribution in [0.2, 0.25) is 0 Å². The number of urea groups is 1. The maximum Gasteiger partial charge on any atom is 0.323 e. The predicted molar refractivity (Wildman–Crippen MR) is 101 cm³/mol. The normalized spacial score (nSPS) is 13.7. The molecule has 3 aromatic rings. The summed E-state index contributed by atoms with van der Waals surface area (Å²) >= 11 is 0. The number of aryl methyl sites for hydroxylation is 1. The first kappa shape index (κ1) is 17.0. The van der Waals surface area contributed by atoms with Crippen LogP contribution in [-0.2, 0) is 6.61 Å². The molecule has 1 aromatic carbocycles. The summed E-state index contributed by atoms with van der Waals surface area (Å²) in [7, 11) is 0. The quantitative estimate of drug-likeness (QED) is 0.642. The van der Waals surface area contributed by atoms with Crippen molar-refractivity contribution in [1.82, 2.24) is 15.3 Å². The third-order valence-electron chi connectivity index (χ3n) is 4.40. The fraction of sp³-hybridized carbons (Fsp3) is 0.211. The van der Waals surface area contributed by atoms with Crippen LogP contribution >= 0.6 is 0 Å². The van der Waals surface area contributed by atoms with Gasteiger partial charge in [0.15, 0.2) is 5.76 Å². The molecule has 3 heterocycles. The number of hydrogen-bond acceptors (Lipinski definition) is 6. The van der Waals surface area contributed by atoms with Gasteiger partial charge in [-0.1, -0.05) is 12.1 Å². The average molecular weight is 365 g/mol. The van der Waals surface area contributed by atoms with E-state index in [1.165, 1.54) is 0 Å². The van der Waals surface area contributed by atoms with E-state index < -0.39 is 0 Å². The van der Waals surface area contributed by atoms with Crippen LogP contribution in [0, 0.1) is 6.92 Å². The number of hydrogen-bond donors (Lipinski definition) is 3. The molecule has 1 saturated heterocycles. The summed E-state index contributed by atoms with van der Waals surface area (Å²) < 4.78 is 5.82. The van der Waals surface area contributed by atoms with Gasteiger partial charge in [0, 0.05) is 30.5 Å². The number of rotatable bonds is 5. The number of anilines is 3. The molecule has 0 unspecified atom stereocenters. The van der Waals surface area contributed by atoms with Crippen molar-refractivity contribution in [2.24, 2.45) is 0 Å². The molecule has 0 bridgehead atoms. The monoisotopic (exact) mass is 365 g/mol. The zero-order valence-corrected chi connectivity index (χ0v) is 14.8. The Morgan fingerprint density at radius 1 is 1.30 bits per heavy atom. The second kappa shape index (κ2) is 7.08. The number of aromatic nitrogens is 2. The molecule has 8 heteroatoms. The first-order chi connectivity index (χ1) is 13.1. The molecule has 27 heavy (non-hydrogen) atoms. The largest absolute Gasteiger partial charge is 0.423 e. The molecule has 3 N–H and O–H groups in total. The number of carbonyl (C=O) groups is 1. The van der Waals surface area contributed by atoms with Gasteiger partial charge in [0.2, 0.25) is 0 Å². The molecule has 2 amide bonds. The van der Waals surface area contributed by atoms with Crippen molar-refractivity contribution in [1.29, 1.82) is 0 Å². The number of aliphatic hydroxyl groups excluding tert-OH is 1. The van der Waals surface area contributed by atoms with Gasteiger partial charge in [-0.25, -0.2) is 14.8 Å². The molecule has 8 nitrogen and oxygen atoms in total. The van der Waals surface area contributed by atoms with E-state index in [1.807, 2.05) is 25.1 Å². The third-order valence-corrected chi connectivity index (χ3v) is 4.40. The van der Waals surface area contributed by atoms with E-state index >= 15 is 0 Å². The van der Waals surface area contributed by atoms with E-state index in [1.54, 1.807) is 29.4 Å². The molecular formula is C19H19N5O3. The Kier molecular flexibility index (Phi) is 4.47. The highest BCUT2D eigenvalue weighted by atomic mass is 16.4. The van der Waals surface area contributed by atoms with Crippen molar-refractivity contribution in [2.75, 3.05) is 23.3 Å². The van der Waals surface area contributed by atoms with E-state index in [9.17, 15) is 9.90 Å². The molecule has 0 aliphatic carbocycles. The van der Waals surface area contributed by atoms with Crippen molar-refractivity contribution < 1.29 is 14.3 Å². The van der Waals surface area contributed by atoms with Crippen LogP contribution in [-0.4, -0.2) is 34.2 Å². The third kappa shape index (κ3) is 3.47. The predicted octanol–water partition coefficient (Wildman–Crippen LogP) is 2.81. The zero-order valence-electron chi connectivity index (χ0n) is 14.8. The number of carbonyl (C=O) groups excluding carboxylic acids is 1. The minimum Gasteiger partial charge on any atom is -0.423 e. The minimum absolute atomic E-state index is 0.0321. The van der Waals surface area contributed by atoms with Gasteiger partial charge in [0.25, 0.3) is 6.01 Å². The minimum atomic E-state index is -0.154. The molecule has 1 aliphatic rings. The number of aliphatic hydroxyl groups is 1. The van der Waals surface area contributed by atoms with Gasteiger partial charge in [0.1, 0.15) is 5.82 Å². The summed E-state index contributed by atoms with van der Waals surface area (Å²) in [5.74, 6) is 1.14. The van der Waals surface area contributed by atoms with Gasteiger partial charge in [-0.3, -0.25) is 4.90 Å². The van der Waals surface area contributed by atoms with E-state index in [0.29, 0.717) is 30.7 Å². The lowest BCUT2D eigenvalue weighted by atomic mass is 10.1. The Morgan fingerprint density at radius 2 is 2.19 bits per heavy atom. The molecule has 0 radical (unpaired) electrons. The van der Waals surface area contributed by atoms with E-state index in [0.717, 1.165) is 22.4 Å². The Hall–Kier alpha value is -3.39. The Balaban J connectivity index is 1.57. The summed E-state index contributed by atoms with van der Waals surface area (Å²) in [4.78, 5) is 22.0. The molecule has 1 fully saturated rings. The number of pyridine rings is 1. The van der Waals surface area contributed by atoms with Crippen molar-refractivity contribution in [3.63, 3.8) is 0 Å². The highest BCUT2D eigenvalue weighted by Gasteiger charge is 2.22. The molecular weight excluding hydrogens is 346 g/mol. The van der Waals surface area contributed by atoms with Gasteiger partial charge in [0.05, 0.1) is 12.8 Å². The molecule has 2 aromatic heterocycles. The van der Waals surface area contributed by atoms with Crippen molar-refractivity contribution in [3.8, 4) is 11.3 Å². The van der Waals surface area contributed by atoms with Gasteiger partial charge in [-0.15, -0.1) is 0 Å². The Morgan fingerprint density at radius 3 is 2.96 bits per heavy atom. The van der Waals surface area contributed by atoms with Gasteiger partial charge in [-0.05, 0) is 36.2 Å². The van der Waals surface area contributed by atoms with Crippen molar-refractivity contribution >= 4 is 23.6 Å². The van der Waals surface area contributed by atoms with Crippen LogP contribution < -0.4 is 15.5 Å². The number of amides is 2. The molecule has 4 rings (SSSR count). The van der Waals surface area contributed by atoms with E-state index in [4.69, 9.17) is 4.42 Å². The summed E-state index contributed by atoms with van der Waals surface area (Å²) in [6.45, 7) is 3.12. The Bertz CT molecular complexity index is 985. The lowest BCUT2D eigenvalue weighted by molar-refractivity contribution is 0.252. The first-order valence-electron chi connectivity index (χ1n) is 8.59. The lowest BCUT2D eigenvalue weighted by Gasteiger charge is -2.13. The van der Waals surface area contributed by atoms with E-state index in [2.05, 4.69) is 20.6 Å². The number of nitrogens with zero attached hydrogens (tertiary/aromatic N) is 3. The first-order valence-corrected chi connectivity index (χ1v) is 8.59. The number of nitrogens with one attached hydrogen (secondary N) is 2. The number of oxazole rings is 1. The fourth-order valence-electron chi connectivity index (χ4n) is 2.89. The molecule has 1 aliphatic heterocycles. The van der Waals surface area contributed by atoms with Crippen molar-refractivity contribution in [3.05, 3.63) is 53.9 Å². The Labute approximate surface area is 155 Å². The van der Waals surface area contributed by atoms with Gasteiger partial charge >= 0.3 is 6.03 Å². The van der Waals surface area contributed by atoms with Crippen LogP contribution in [0.4, 0.5) is 22.3 Å². The zero-order chi connectivity index (χ0) is 18.8. The maximum atomic E-state index is 11.8. The summed E-state index contributed by atoms with van der Waals surface area (Å²) in [5.41, 5.74) is 3.41. The second-order valence-corrected chi connectivity index (χ2v) is 6.25. The average Bonchev–Trinajstić information content (AvgIpc) is 3.33. The van der Waals surface area contributed by atoms with Crippen LogP contribution in [0.15, 0.2) is 47.1 Å². The summed E-state index contributed by atoms with van der Waals surface area (Å²) in [6, 6.07) is 9.45. The second-order valence-electron chi connectivity index (χ2n) is 6.25. The highest BCUT2D eigenvalue weighted by Crippen LogP contribution is 2.28. The lowest BCUT2D eigenvalue weighted by Crippen LogP contribution is -2.28. The van der Waals surface area contributed by atoms with Crippen LogP contribution in [0.1, 0.15) is 11.1 Å². The van der Waals surface area contributed by atoms with Gasteiger partial charge in [-0.2, -0.15) is 0 Å². The fourth-order valence-corrected chi connectivity index (χ4v) is 2.89. The molecule has 0 spiro atoms. The summed E-state index contributed by atoms with van der Waals surface area (Å²) in [6.07, 6.45) is 3.26. The topological polar surface area (TPSA) is 104 Å². The van der Waals surface area contributed by atoms with Crippen molar-refractivity contribution in [2.45, 2.75) is 13.5 Å². The smallest absolute Gasteiger partial charge is 0.323 e. The summed E-state index contributed by atoms with van der Waals surface area (Å²) in [5, 5.41) is 15.2. The molecule has 0 atom stereocenters. The van der Waals surface area contributed by atoms with Gasteiger partial charge < -0.3 is 20.2 Å². The number of benzene rings is 1. The standard InChI is InChI=1S/C19H19N5O3/c1-12-2-3-13(11-25)8-15(12)23-18-22-10-16(27-18)14-4-5-20-17(9-14)24-7-6-21-19(24)26/h2-5,8-10,25H,6-7,11H2,1H3,(H,21,26)(H,22,23). The van der Waals surface area contributed by atoms with E-state index in [-0.39, 0.29) is 12.6 Å². The molecule has 0 saturated carbocycles.